The van der Waals surface area contributed by atoms with Gasteiger partial charge >= 0.3 is 11.7 Å². The van der Waals surface area contributed by atoms with Crippen molar-refractivity contribution in [1.82, 2.24) is 14.8 Å². The van der Waals surface area contributed by atoms with Crippen LogP contribution in [0.3, 0.4) is 0 Å². The van der Waals surface area contributed by atoms with Gasteiger partial charge in [0.25, 0.3) is 0 Å². The van der Waals surface area contributed by atoms with Gasteiger partial charge in [0.1, 0.15) is 5.75 Å². The van der Waals surface area contributed by atoms with Crippen molar-refractivity contribution in [2.45, 2.75) is 5.16 Å². The first kappa shape index (κ1) is 14.5. The topological polar surface area (TPSA) is 97.2 Å². The molecule has 0 fully saturated rings. The second-order valence-corrected chi connectivity index (χ2v) is 5.00. The van der Waals surface area contributed by atoms with Gasteiger partial charge < -0.3 is 9.84 Å². The van der Waals surface area contributed by atoms with Crippen LogP contribution in [0.15, 0.2) is 28.2 Å². The maximum Gasteiger partial charge on any atom is 0.348 e. The van der Waals surface area contributed by atoms with Crippen molar-refractivity contribution in [2.24, 2.45) is 0 Å². The summed E-state index contributed by atoms with van der Waals surface area (Å²) in [5.74, 6) is -0.702. The maximum absolute atomic E-state index is 11.8. The minimum absolute atomic E-state index is 0.215. The summed E-state index contributed by atoms with van der Waals surface area (Å²) in [6, 6.07) is 4.81. The zero-order valence-electron chi connectivity index (χ0n) is 10.3. The van der Waals surface area contributed by atoms with Crippen molar-refractivity contribution in [1.29, 1.82) is 0 Å². The van der Waals surface area contributed by atoms with E-state index in [1.807, 2.05) is 0 Å². The summed E-state index contributed by atoms with van der Waals surface area (Å²) >= 11 is 6.98. The van der Waals surface area contributed by atoms with E-state index in [-0.39, 0.29) is 10.9 Å². The number of aromatic nitrogens is 3. The second kappa shape index (κ2) is 6.02. The van der Waals surface area contributed by atoms with Gasteiger partial charge in [0.05, 0.1) is 23.6 Å². The van der Waals surface area contributed by atoms with Crippen LogP contribution in [0.4, 0.5) is 0 Å². The molecule has 0 amide bonds. The Hall–Kier alpha value is -1.93. The van der Waals surface area contributed by atoms with Crippen molar-refractivity contribution >= 4 is 29.3 Å². The van der Waals surface area contributed by atoms with Crippen molar-refractivity contribution in [3.8, 4) is 11.4 Å². The molecule has 0 aliphatic carbocycles. The van der Waals surface area contributed by atoms with Gasteiger partial charge in [-0.05, 0) is 12.1 Å². The number of aliphatic carboxylic acids is 1. The van der Waals surface area contributed by atoms with E-state index in [4.69, 9.17) is 21.4 Å². The Morgan fingerprint density at radius 1 is 1.60 bits per heavy atom. The number of carbonyl (C=O) groups is 1. The largest absolute Gasteiger partial charge is 0.497 e. The van der Waals surface area contributed by atoms with Crippen LogP contribution in [0.1, 0.15) is 0 Å². The molecule has 0 atom stereocenters. The van der Waals surface area contributed by atoms with Gasteiger partial charge in [-0.15, -0.1) is 5.10 Å². The van der Waals surface area contributed by atoms with E-state index < -0.39 is 11.7 Å². The van der Waals surface area contributed by atoms with Crippen LogP contribution >= 0.6 is 23.4 Å². The lowest BCUT2D eigenvalue weighted by Crippen LogP contribution is -2.16. The van der Waals surface area contributed by atoms with Gasteiger partial charge in [-0.1, -0.05) is 23.4 Å². The summed E-state index contributed by atoms with van der Waals surface area (Å²) < 4.78 is 6.29. The highest BCUT2D eigenvalue weighted by atomic mass is 35.5. The summed E-state index contributed by atoms with van der Waals surface area (Å²) in [7, 11) is 1.49. The molecule has 20 heavy (non-hydrogen) atoms. The fourth-order valence-electron chi connectivity index (χ4n) is 1.51. The molecule has 7 nitrogen and oxygen atoms in total. The van der Waals surface area contributed by atoms with Crippen LogP contribution in [0.5, 0.6) is 5.75 Å². The van der Waals surface area contributed by atoms with Crippen LogP contribution in [0.2, 0.25) is 5.02 Å². The third-order valence-electron chi connectivity index (χ3n) is 2.36. The van der Waals surface area contributed by atoms with Gasteiger partial charge in [-0.3, -0.25) is 4.79 Å². The number of rotatable bonds is 5. The van der Waals surface area contributed by atoms with Gasteiger partial charge in [0, 0.05) is 6.07 Å². The fraction of sp³-hybridized carbons (Fsp3) is 0.182. The van der Waals surface area contributed by atoms with Gasteiger partial charge in [-0.25, -0.2) is 14.5 Å². The van der Waals surface area contributed by atoms with Crippen molar-refractivity contribution in [3.05, 3.63) is 33.7 Å². The fourth-order valence-corrected chi connectivity index (χ4v) is 2.38. The SMILES string of the molecule is COc1ccc(Cl)c(-n2c(SCC(=O)O)n[nH]c2=O)c1. The molecule has 2 aromatic rings. The molecule has 0 unspecified atom stereocenters. The van der Waals surface area contributed by atoms with E-state index in [2.05, 4.69) is 10.2 Å². The molecule has 0 aliphatic rings. The molecular formula is C11H10ClN3O4S. The molecule has 0 radical (unpaired) electrons. The van der Waals surface area contributed by atoms with Crippen LogP contribution in [0.25, 0.3) is 5.69 Å². The van der Waals surface area contributed by atoms with Crippen molar-refractivity contribution in [3.63, 3.8) is 0 Å². The number of aromatic amines is 1. The Morgan fingerprint density at radius 2 is 2.35 bits per heavy atom. The number of ether oxygens (including phenoxy) is 1. The maximum atomic E-state index is 11.8. The summed E-state index contributed by atoms with van der Waals surface area (Å²) in [5.41, 5.74) is -0.134. The molecule has 9 heteroatoms. The summed E-state index contributed by atoms with van der Waals surface area (Å²) in [6.45, 7) is 0. The number of carboxylic acid groups (broad SMARTS) is 1. The molecule has 0 spiro atoms. The smallest absolute Gasteiger partial charge is 0.348 e. The highest BCUT2D eigenvalue weighted by Crippen LogP contribution is 2.27. The molecule has 1 aromatic carbocycles. The predicted molar refractivity (Wildman–Crippen MR) is 74.1 cm³/mol. The Balaban J connectivity index is 2.49. The van der Waals surface area contributed by atoms with Gasteiger partial charge in [-0.2, -0.15) is 0 Å². The molecule has 2 rings (SSSR count). The van der Waals surface area contributed by atoms with E-state index in [1.165, 1.54) is 11.7 Å². The molecule has 2 N–H and O–H groups in total. The lowest BCUT2D eigenvalue weighted by Gasteiger charge is -2.08. The number of methoxy groups -OCH3 is 1. The third kappa shape index (κ3) is 2.97. The molecule has 0 saturated heterocycles. The number of thioether (sulfide) groups is 1. The monoisotopic (exact) mass is 315 g/mol. The zero-order chi connectivity index (χ0) is 14.7. The Labute approximate surface area is 122 Å². The molecule has 0 aliphatic heterocycles. The third-order valence-corrected chi connectivity index (χ3v) is 3.60. The number of halogens is 1. The lowest BCUT2D eigenvalue weighted by molar-refractivity contribution is -0.133. The minimum Gasteiger partial charge on any atom is -0.497 e. The summed E-state index contributed by atoms with van der Waals surface area (Å²) in [4.78, 5) is 22.4. The zero-order valence-corrected chi connectivity index (χ0v) is 11.9. The average molecular weight is 316 g/mol. The molecule has 106 valence electrons. The first-order valence-electron chi connectivity index (χ1n) is 5.39. The number of benzene rings is 1. The summed E-state index contributed by atoms with van der Waals surface area (Å²) in [6.07, 6.45) is 0. The molecule has 1 heterocycles. The number of nitrogens with zero attached hydrogens (tertiary/aromatic N) is 2. The molecule has 1 aromatic heterocycles. The Bertz CT molecular complexity index is 697. The number of hydrogen-bond donors (Lipinski definition) is 2. The standard InChI is InChI=1S/C11H10ClN3O4S/c1-19-6-2-3-7(12)8(4-6)15-10(18)13-14-11(15)20-5-9(16)17/h2-4H,5H2,1H3,(H,13,18)(H,16,17). The van der Waals surface area contributed by atoms with Crippen LogP contribution in [-0.4, -0.2) is 38.7 Å². The van der Waals surface area contributed by atoms with Crippen LogP contribution < -0.4 is 10.4 Å². The predicted octanol–water partition coefficient (Wildman–Crippen LogP) is 1.40. The summed E-state index contributed by atoms with van der Waals surface area (Å²) in [5, 5.41) is 15.3. The first-order chi connectivity index (χ1) is 9.52. The Kier molecular flexibility index (Phi) is 4.35. The number of nitrogens with one attached hydrogen (secondary N) is 1. The van der Waals surface area contributed by atoms with Crippen LogP contribution in [0, 0.1) is 0 Å². The molecule has 0 bridgehead atoms. The second-order valence-electron chi connectivity index (χ2n) is 3.65. The number of carboxylic acids is 1. The highest BCUT2D eigenvalue weighted by Gasteiger charge is 2.15. The van der Waals surface area contributed by atoms with Crippen LogP contribution in [-0.2, 0) is 4.79 Å². The average Bonchev–Trinajstić information content (AvgIpc) is 2.78. The first-order valence-corrected chi connectivity index (χ1v) is 6.75. The quantitative estimate of drug-likeness (QED) is 0.809. The Morgan fingerprint density at radius 3 is 3.00 bits per heavy atom. The van der Waals surface area contributed by atoms with E-state index in [1.54, 1.807) is 18.2 Å². The van der Waals surface area contributed by atoms with Gasteiger partial charge in [0.2, 0.25) is 0 Å². The van der Waals surface area contributed by atoms with Gasteiger partial charge in [0.15, 0.2) is 5.16 Å². The van der Waals surface area contributed by atoms with E-state index in [0.717, 1.165) is 11.8 Å². The normalized spacial score (nSPS) is 10.5. The molecule has 0 saturated carbocycles. The number of H-pyrrole nitrogens is 1. The number of hydrogen-bond acceptors (Lipinski definition) is 5. The minimum atomic E-state index is -1.01. The van der Waals surface area contributed by atoms with E-state index >= 15 is 0 Å². The highest BCUT2D eigenvalue weighted by molar-refractivity contribution is 7.99. The molecular weight excluding hydrogens is 306 g/mol. The van der Waals surface area contributed by atoms with Crippen molar-refractivity contribution in [2.75, 3.05) is 12.9 Å². The van der Waals surface area contributed by atoms with E-state index in [9.17, 15) is 9.59 Å². The van der Waals surface area contributed by atoms with Crippen molar-refractivity contribution < 1.29 is 14.6 Å². The van der Waals surface area contributed by atoms with E-state index in [0.29, 0.717) is 16.5 Å². The lowest BCUT2D eigenvalue weighted by atomic mass is 10.3.